The molecule has 2 atom stereocenters. The Hall–Kier alpha value is -0.0800. The van der Waals surface area contributed by atoms with Crippen molar-refractivity contribution in [2.75, 3.05) is 26.2 Å². The summed E-state index contributed by atoms with van der Waals surface area (Å²) in [5, 5.41) is 3.62. The quantitative estimate of drug-likeness (QED) is 0.735. The SMILES string of the molecule is CCC1CCCN(C(CC)CNCC(C)C)C1. The zero-order valence-electron chi connectivity index (χ0n) is 12.3. The van der Waals surface area contributed by atoms with Gasteiger partial charge in [0.05, 0.1) is 0 Å². The van der Waals surface area contributed by atoms with Crippen molar-refractivity contribution in [3.05, 3.63) is 0 Å². The van der Waals surface area contributed by atoms with Crippen LogP contribution in [0.25, 0.3) is 0 Å². The van der Waals surface area contributed by atoms with E-state index < -0.39 is 0 Å². The van der Waals surface area contributed by atoms with E-state index in [4.69, 9.17) is 0 Å². The summed E-state index contributed by atoms with van der Waals surface area (Å²) in [6.45, 7) is 14.2. The van der Waals surface area contributed by atoms with Gasteiger partial charge in [0, 0.05) is 19.1 Å². The molecule has 2 nitrogen and oxygen atoms in total. The fourth-order valence-electron chi connectivity index (χ4n) is 2.83. The highest BCUT2D eigenvalue weighted by Gasteiger charge is 2.23. The molecule has 2 heteroatoms. The maximum Gasteiger partial charge on any atom is 0.0218 e. The maximum absolute atomic E-state index is 3.62. The molecule has 0 aromatic heterocycles. The smallest absolute Gasteiger partial charge is 0.0218 e. The van der Waals surface area contributed by atoms with E-state index in [1.165, 1.54) is 45.3 Å². The Morgan fingerprint density at radius 1 is 1.24 bits per heavy atom. The van der Waals surface area contributed by atoms with Crippen LogP contribution in [-0.2, 0) is 0 Å². The molecular weight excluding hydrogens is 208 g/mol. The van der Waals surface area contributed by atoms with E-state index in [0.29, 0.717) is 0 Å². The Morgan fingerprint density at radius 2 is 2.00 bits per heavy atom. The van der Waals surface area contributed by atoms with E-state index in [1.807, 2.05) is 0 Å². The third-order valence-electron chi connectivity index (χ3n) is 4.05. The first-order valence-corrected chi connectivity index (χ1v) is 7.62. The van der Waals surface area contributed by atoms with Gasteiger partial charge in [0.1, 0.15) is 0 Å². The number of hydrogen-bond acceptors (Lipinski definition) is 2. The summed E-state index contributed by atoms with van der Waals surface area (Å²) >= 11 is 0. The van der Waals surface area contributed by atoms with Gasteiger partial charge in [-0.1, -0.05) is 34.1 Å². The molecular formula is C15H32N2. The fourth-order valence-corrected chi connectivity index (χ4v) is 2.83. The van der Waals surface area contributed by atoms with Crippen molar-refractivity contribution in [3.63, 3.8) is 0 Å². The first-order chi connectivity index (χ1) is 8.17. The minimum absolute atomic E-state index is 0.753. The Balaban J connectivity index is 2.32. The molecule has 1 heterocycles. The number of nitrogens with one attached hydrogen (secondary N) is 1. The van der Waals surface area contributed by atoms with Gasteiger partial charge in [0.25, 0.3) is 0 Å². The van der Waals surface area contributed by atoms with E-state index in [2.05, 4.69) is 37.9 Å². The molecule has 1 N–H and O–H groups in total. The van der Waals surface area contributed by atoms with Gasteiger partial charge < -0.3 is 5.32 Å². The molecule has 102 valence electrons. The van der Waals surface area contributed by atoms with Crippen LogP contribution in [0.2, 0.25) is 0 Å². The van der Waals surface area contributed by atoms with Crippen molar-refractivity contribution >= 4 is 0 Å². The molecule has 17 heavy (non-hydrogen) atoms. The number of piperidine rings is 1. The Bertz CT molecular complexity index is 191. The van der Waals surface area contributed by atoms with Crippen molar-refractivity contribution in [2.24, 2.45) is 11.8 Å². The topological polar surface area (TPSA) is 15.3 Å². The van der Waals surface area contributed by atoms with Crippen molar-refractivity contribution in [1.82, 2.24) is 10.2 Å². The summed E-state index contributed by atoms with van der Waals surface area (Å²) < 4.78 is 0. The second-order valence-electron chi connectivity index (χ2n) is 6.03. The third kappa shape index (κ3) is 5.39. The van der Waals surface area contributed by atoms with Crippen LogP contribution >= 0.6 is 0 Å². The standard InChI is InChI=1S/C15H32N2/c1-5-14-8-7-9-17(12-14)15(6-2)11-16-10-13(3)4/h13-16H,5-12H2,1-4H3. The van der Waals surface area contributed by atoms with Gasteiger partial charge in [-0.15, -0.1) is 0 Å². The van der Waals surface area contributed by atoms with Crippen LogP contribution in [0, 0.1) is 11.8 Å². The predicted molar refractivity (Wildman–Crippen MR) is 76.4 cm³/mol. The summed E-state index contributed by atoms with van der Waals surface area (Å²) in [5.41, 5.74) is 0. The molecule has 1 saturated heterocycles. The summed E-state index contributed by atoms with van der Waals surface area (Å²) in [6, 6.07) is 0.753. The van der Waals surface area contributed by atoms with Crippen molar-refractivity contribution in [3.8, 4) is 0 Å². The van der Waals surface area contributed by atoms with E-state index in [9.17, 15) is 0 Å². The molecule has 1 aliphatic heterocycles. The molecule has 0 spiro atoms. The van der Waals surface area contributed by atoms with E-state index >= 15 is 0 Å². The molecule has 0 bridgehead atoms. The first-order valence-electron chi connectivity index (χ1n) is 7.62. The van der Waals surface area contributed by atoms with Gasteiger partial charge in [-0.25, -0.2) is 0 Å². The molecule has 0 radical (unpaired) electrons. The second-order valence-corrected chi connectivity index (χ2v) is 6.03. The lowest BCUT2D eigenvalue weighted by Gasteiger charge is -2.38. The van der Waals surface area contributed by atoms with Crippen LogP contribution in [0.15, 0.2) is 0 Å². The number of hydrogen-bond donors (Lipinski definition) is 1. The van der Waals surface area contributed by atoms with Gasteiger partial charge in [-0.05, 0) is 44.2 Å². The van der Waals surface area contributed by atoms with Gasteiger partial charge >= 0.3 is 0 Å². The summed E-state index contributed by atoms with van der Waals surface area (Å²) in [7, 11) is 0. The Kier molecular flexibility index (Phi) is 7.14. The predicted octanol–water partition coefficient (Wildman–Crippen LogP) is 3.13. The number of likely N-dealkylation sites (tertiary alicyclic amines) is 1. The van der Waals surface area contributed by atoms with Crippen molar-refractivity contribution in [2.45, 2.75) is 59.4 Å². The monoisotopic (exact) mass is 240 g/mol. The molecule has 0 saturated carbocycles. The lowest BCUT2D eigenvalue weighted by molar-refractivity contribution is 0.116. The summed E-state index contributed by atoms with van der Waals surface area (Å²) in [6.07, 6.45) is 5.48. The summed E-state index contributed by atoms with van der Waals surface area (Å²) in [5.74, 6) is 1.71. The molecule has 0 aromatic carbocycles. The zero-order chi connectivity index (χ0) is 12.7. The van der Waals surface area contributed by atoms with Crippen LogP contribution < -0.4 is 5.32 Å². The summed E-state index contributed by atoms with van der Waals surface area (Å²) in [4.78, 5) is 2.73. The lowest BCUT2D eigenvalue weighted by Crippen LogP contribution is -2.47. The van der Waals surface area contributed by atoms with E-state index in [1.54, 1.807) is 0 Å². The molecule has 1 fully saturated rings. The van der Waals surface area contributed by atoms with Crippen molar-refractivity contribution < 1.29 is 0 Å². The second kappa shape index (κ2) is 8.10. The highest BCUT2D eigenvalue weighted by Crippen LogP contribution is 2.21. The molecule has 0 aliphatic carbocycles. The molecule has 2 unspecified atom stereocenters. The van der Waals surface area contributed by atoms with Gasteiger partial charge in [-0.2, -0.15) is 0 Å². The van der Waals surface area contributed by atoms with Crippen LogP contribution in [0.1, 0.15) is 53.4 Å². The Labute approximate surface area is 108 Å². The average molecular weight is 240 g/mol. The van der Waals surface area contributed by atoms with E-state index in [0.717, 1.165) is 24.4 Å². The first kappa shape index (κ1) is 15.0. The van der Waals surface area contributed by atoms with E-state index in [-0.39, 0.29) is 0 Å². The normalized spacial score (nSPS) is 24.2. The van der Waals surface area contributed by atoms with Gasteiger partial charge in [-0.3, -0.25) is 4.90 Å². The number of rotatable bonds is 7. The minimum atomic E-state index is 0.753. The maximum atomic E-state index is 3.62. The average Bonchev–Trinajstić information content (AvgIpc) is 2.34. The molecule has 0 aromatic rings. The van der Waals surface area contributed by atoms with Crippen LogP contribution in [0.5, 0.6) is 0 Å². The van der Waals surface area contributed by atoms with Crippen LogP contribution in [0.3, 0.4) is 0 Å². The number of nitrogens with zero attached hydrogens (tertiary/aromatic N) is 1. The van der Waals surface area contributed by atoms with Gasteiger partial charge in [0.2, 0.25) is 0 Å². The minimum Gasteiger partial charge on any atom is -0.315 e. The van der Waals surface area contributed by atoms with Crippen molar-refractivity contribution in [1.29, 1.82) is 0 Å². The molecule has 1 aliphatic rings. The largest absolute Gasteiger partial charge is 0.315 e. The van der Waals surface area contributed by atoms with Crippen LogP contribution in [0.4, 0.5) is 0 Å². The zero-order valence-corrected chi connectivity index (χ0v) is 12.3. The molecule has 1 rings (SSSR count). The molecule has 0 amide bonds. The highest BCUT2D eigenvalue weighted by molar-refractivity contribution is 4.79. The Morgan fingerprint density at radius 3 is 2.59 bits per heavy atom. The van der Waals surface area contributed by atoms with Gasteiger partial charge in [0.15, 0.2) is 0 Å². The fraction of sp³-hybridized carbons (Fsp3) is 1.00. The highest BCUT2D eigenvalue weighted by atomic mass is 15.2. The third-order valence-corrected chi connectivity index (χ3v) is 4.05. The lowest BCUT2D eigenvalue weighted by atomic mass is 9.94. The van der Waals surface area contributed by atoms with Crippen LogP contribution in [-0.4, -0.2) is 37.1 Å².